The normalized spacial score (nSPS) is 12.6. The molecule has 0 aliphatic carbocycles. The molecule has 2 aromatic rings. The monoisotopic (exact) mass is 483 g/mol. The topological polar surface area (TPSA) is 160 Å². The number of benzene rings is 2. The Morgan fingerprint density at radius 1 is 1.00 bits per heavy atom. The van der Waals surface area contributed by atoms with E-state index < -0.39 is 35.9 Å². The number of primary amides is 1. The van der Waals surface area contributed by atoms with E-state index in [1.807, 2.05) is 0 Å². The molecular formula is C24H23F2N5O4. The minimum atomic E-state index is -3.15. The van der Waals surface area contributed by atoms with Crippen molar-refractivity contribution in [1.29, 1.82) is 0 Å². The van der Waals surface area contributed by atoms with Crippen LogP contribution in [0.4, 0.5) is 13.6 Å². The first-order valence-electron chi connectivity index (χ1n) is 10.1. The third kappa shape index (κ3) is 7.82. The maximum Gasteiger partial charge on any atom is 0.312 e. The summed E-state index contributed by atoms with van der Waals surface area (Å²) in [4.78, 5) is 34.9. The van der Waals surface area contributed by atoms with Gasteiger partial charge in [-0.25, -0.2) is 19.1 Å². The van der Waals surface area contributed by atoms with Gasteiger partial charge in [-0.1, -0.05) is 24.0 Å². The van der Waals surface area contributed by atoms with Crippen LogP contribution in [0.3, 0.4) is 0 Å². The number of carbonyl (C=O) groups is 3. The summed E-state index contributed by atoms with van der Waals surface area (Å²) >= 11 is 0. The fourth-order valence-corrected chi connectivity index (χ4v) is 2.72. The highest BCUT2D eigenvalue weighted by Crippen LogP contribution is 2.18. The smallest absolute Gasteiger partial charge is 0.312 e. The zero-order valence-electron chi connectivity index (χ0n) is 18.6. The Balaban J connectivity index is 2.04. The van der Waals surface area contributed by atoms with Crippen LogP contribution in [0.1, 0.15) is 34.0 Å². The highest BCUT2D eigenvalue weighted by molar-refractivity contribution is 5.98. The van der Waals surface area contributed by atoms with Gasteiger partial charge in [0.15, 0.2) is 0 Å². The molecule has 0 fully saturated rings. The predicted molar refractivity (Wildman–Crippen MR) is 123 cm³/mol. The lowest BCUT2D eigenvalue weighted by Crippen LogP contribution is -2.66. The highest BCUT2D eigenvalue weighted by atomic mass is 19.3. The van der Waals surface area contributed by atoms with E-state index in [9.17, 15) is 23.2 Å². The molecule has 4 amide bonds. The van der Waals surface area contributed by atoms with Crippen LogP contribution in [0.25, 0.3) is 0 Å². The van der Waals surface area contributed by atoms with Gasteiger partial charge >= 0.3 is 6.03 Å². The van der Waals surface area contributed by atoms with Gasteiger partial charge < -0.3 is 22.1 Å². The van der Waals surface area contributed by atoms with E-state index in [0.29, 0.717) is 17.7 Å². The first-order chi connectivity index (χ1) is 16.5. The molecule has 2 aromatic carbocycles. The van der Waals surface area contributed by atoms with E-state index in [-0.39, 0.29) is 5.56 Å². The van der Waals surface area contributed by atoms with Gasteiger partial charge in [-0.3, -0.25) is 14.8 Å². The van der Waals surface area contributed by atoms with Crippen LogP contribution in [-0.2, 0) is 11.3 Å². The lowest BCUT2D eigenvalue weighted by Gasteiger charge is -2.32. The molecule has 2 unspecified atom stereocenters. The van der Waals surface area contributed by atoms with Crippen LogP contribution < -0.4 is 27.6 Å². The van der Waals surface area contributed by atoms with E-state index >= 15 is 0 Å². The second-order valence-electron chi connectivity index (χ2n) is 7.54. The third-order valence-corrected chi connectivity index (χ3v) is 4.78. The van der Waals surface area contributed by atoms with Crippen LogP contribution >= 0.6 is 0 Å². The van der Waals surface area contributed by atoms with Gasteiger partial charge in [0.05, 0.1) is 0 Å². The van der Waals surface area contributed by atoms with Crippen LogP contribution in [0.15, 0.2) is 48.5 Å². The van der Waals surface area contributed by atoms with Gasteiger partial charge in [0.1, 0.15) is 11.6 Å². The maximum absolute atomic E-state index is 13.2. The van der Waals surface area contributed by atoms with Gasteiger partial charge in [0.2, 0.25) is 0 Å². The Morgan fingerprint density at radius 3 is 1.97 bits per heavy atom. The summed E-state index contributed by atoms with van der Waals surface area (Å²) in [7, 11) is 0. The predicted octanol–water partition coefficient (Wildman–Crippen LogP) is 0.844. The molecule has 0 bridgehead atoms. The Labute approximate surface area is 200 Å². The van der Waals surface area contributed by atoms with Gasteiger partial charge in [-0.05, 0) is 60.7 Å². The second-order valence-corrected chi connectivity index (χ2v) is 7.54. The first-order valence-corrected chi connectivity index (χ1v) is 10.1. The van der Waals surface area contributed by atoms with Crippen molar-refractivity contribution in [2.45, 2.75) is 31.5 Å². The molecule has 11 heteroatoms. The van der Waals surface area contributed by atoms with Crippen molar-refractivity contribution in [2.24, 2.45) is 11.5 Å². The lowest BCUT2D eigenvalue weighted by molar-refractivity contribution is -0.134. The largest absolute Gasteiger partial charge is 0.352 e. The Morgan fingerprint density at radius 2 is 1.51 bits per heavy atom. The third-order valence-electron chi connectivity index (χ3n) is 4.78. The highest BCUT2D eigenvalue weighted by Gasteiger charge is 2.44. The van der Waals surface area contributed by atoms with Crippen LogP contribution in [0.5, 0.6) is 0 Å². The van der Waals surface area contributed by atoms with E-state index in [0.717, 1.165) is 12.5 Å². The van der Waals surface area contributed by atoms with Crippen molar-refractivity contribution in [3.8, 4) is 23.7 Å². The molecule has 2 rings (SSSR count). The zero-order chi connectivity index (χ0) is 26.0. The molecule has 2 atom stereocenters. The average Bonchev–Trinajstić information content (AvgIpc) is 2.84. The number of rotatable bonds is 7. The zero-order valence-corrected chi connectivity index (χ0v) is 18.6. The standard InChI is InChI=1S/C24H23F2N5O4/c1-24(28,22(25)26)19(21(33)31-35)30-20(32)18-12-10-16(11-13-18)5-3-2-4-15-6-8-17(9-7-15)14-29-23(27)34/h6-13,19,22,35H,14,28H2,1H3,(H,30,32)(H,31,33)(H3,27,29,34). The maximum atomic E-state index is 13.2. The summed E-state index contributed by atoms with van der Waals surface area (Å²) in [5.74, 6) is 8.92. The van der Waals surface area contributed by atoms with Crippen molar-refractivity contribution in [3.05, 3.63) is 70.8 Å². The van der Waals surface area contributed by atoms with Crippen LogP contribution in [0.2, 0.25) is 0 Å². The Kier molecular flexibility index (Phi) is 9.29. The van der Waals surface area contributed by atoms with Crippen molar-refractivity contribution in [3.63, 3.8) is 0 Å². The number of hydroxylamine groups is 1. The molecule has 182 valence electrons. The first kappa shape index (κ1) is 26.8. The van der Waals surface area contributed by atoms with Crippen molar-refractivity contribution in [2.75, 3.05) is 0 Å². The quantitative estimate of drug-likeness (QED) is 0.195. The van der Waals surface area contributed by atoms with Gasteiger partial charge in [-0.2, -0.15) is 0 Å². The number of amides is 4. The molecule has 9 nitrogen and oxygen atoms in total. The number of hydrogen-bond donors (Lipinski definition) is 6. The number of hydrogen-bond acceptors (Lipinski definition) is 5. The van der Waals surface area contributed by atoms with Gasteiger partial charge in [-0.15, -0.1) is 0 Å². The van der Waals surface area contributed by atoms with E-state index in [1.165, 1.54) is 29.7 Å². The minimum absolute atomic E-state index is 0.0633. The number of nitrogens with two attached hydrogens (primary N) is 2. The molecule has 0 aromatic heterocycles. The molecule has 8 N–H and O–H groups in total. The summed E-state index contributed by atoms with van der Waals surface area (Å²) in [5, 5.41) is 13.4. The minimum Gasteiger partial charge on any atom is -0.352 e. The molecule has 0 aliphatic rings. The van der Waals surface area contributed by atoms with Crippen molar-refractivity contribution >= 4 is 17.8 Å². The van der Waals surface area contributed by atoms with E-state index in [2.05, 4.69) is 34.3 Å². The van der Waals surface area contributed by atoms with Crippen LogP contribution in [-0.4, -0.2) is 41.1 Å². The molecule has 0 spiro atoms. The molecule has 0 radical (unpaired) electrons. The lowest BCUT2D eigenvalue weighted by atomic mass is 9.92. The Hall–Kier alpha value is -4.45. The number of alkyl halides is 2. The molecular weight excluding hydrogens is 460 g/mol. The summed E-state index contributed by atoms with van der Waals surface area (Å²) in [5.41, 5.74) is 11.5. The molecule has 0 saturated heterocycles. The number of urea groups is 1. The fourth-order valence-electron chi connectivity index (χ4n) is 2.72. The summed E-state index contributed by atoms with van der Waals surface area (Å²) in [6, 6.07) is 10.4. The van der Waals surface area contributed by atoms with E-state index in [4.69, 9.17) is 16.7 Å². The number of carbonyl (C=O) groups excluding carboxylic acids is 3. The number of halogens is 2. The molecule has 0 heterocycles. The SMILES string of the molecule is CC(N)(C(F)F)C(NC(=O)c1ccc(C#CC#Cc2ccc(CNC(N)=O)cc2)cc1)C(=O)NO. The summed E-state index contributed by atoms with van der Waals surface area (Å²) in [6.45, 7) is 1.19. The fraction of sp³-hybridized carbons (Fsp3) is 0.208. The van der Waals surface area contributed by atoms with Crippen LogP contribution in [0, 0.1) is 23.7 Å². The average molecular weight is 483 g/mol. The second kappa shape index (κ2) is 12.1. The molecule has 0 saturated carbocycles. The summed E-state index contributed by atoms with van der Waals surface area (Å²) in [6.07, 6.45) is -3.15. The molecule has 0 aliphatic heterocycles. The van der Waals surface area contributed by atoms with Crippen molar-refractivity contribution in [1.82, 2.24) is 16.1 Å². The van der Waals surface area contributed by atoms with Gasteiger partial charge in [0.25, 0.3) is 18.2 Å². The molecule has 35 heavy (non-hydrogen) atoms. The van der Waals surface area contributed by atoms with Crippen molar-refractivity contribution < 1.29 is 28.4 Å². The Bertz CT molecular complexity index is 1190. The van der Waals surface area contributed by atoms with E-state index in [1.54, 1.807) is 24.3 Å². The summed E-state index contributed by atoms with van der Waals surface area (Å²) < 4.78 is 26.4. The number of nitrogens with one attached hydrogen (secondary N) is 3. The van der Waals surface area contributed by atoms with Gasteiger partial charge in [0, 0.05) is 23.2 Å².